The summed E-state index contributed by atoms with van der Waals surface area (Å²) in [5.74, 6) is 2.31. The van der Waals surface area contributed by atoms with E-state index in [1.165, 1.54) is 0 Å². The number of carbonyl (C=O) groups excluding carboxylic acids is 2. The molecule has 1 aromatic heterocycles. The number of amides is 2. The number of hydrogen-bond donors (Lipinski definition) is 6. The number of hydrogen-bond acceptors (Lipinski definition) is 10. The molecule has 5 aromatic rings. The Morgan fingerprint density at radius 1 is 0.690 bits per heavy atom. The SMILES string of the molecule is CN1c2ccccc2N(CC(=O)NCCSSCCNC(=O)Cn2c(/C=C/c3ccc(NCCO)cc3)[n+](C)c3ccccc32)C1/C=C/c1ccc(NCCO)cc1. The maximum atomic E-state index is 13.2. The molecule has 0 fully saturated rings. The molecule has 0 radical (unpaired) electrons. The van der Waals surface area contributed by atoms with Gasteiger partial charge in [0.15, 0.2) is 17.6 Å². The van der Waals surface area contributed by atoms with Crippen molar-refractivity contribution in [2.24, 2.45) is 7.05 Å². The number of carbonyl (C=O) groups is 2. The summed E-state index contributed by atoms with van der Waals surface area (Å²) in [7, 11) is 7.41. The van der Waals surface area contributed by atoms with Crippen molar-refractivity contribution in [2.75, 3.05) is 84.9 Å². The number of nitrogens with one attached hydrogen (secondary N) is 4. The zero-order valence-electron chi connectivity index (χ0n) is 33.0. The Morgan fingerprint density at radius 2 is 1.24 bits per heavy atom. The molecule has 0 saturated heterocycles. The summed E-state index contributed by atoms with van der Waals surface area (Å²) in [5, 5.41) is 30.6. The summed E-state index contributed by atoms with van der Waals surface area (Å²) < 4.78 is 4.14. The molecular formula is C44H53N8O4S2+. The zero-order valence-corrected chi connectivity index (χ0v) is 34.6. The molecule has 0 aliphatic carbocycles. The van der Waals surface area contributed by atoms with Crippen molar-refractivity contribution in [1.29, 1.82) is 0 Å². The predicted octanol–water partition coefficient (Wildman–Crippen LogP) is 5.05. The number of aryl methyl sites for hydroxylation is 1. The fourth-order valence-electron chi connectivity index (χ4n) is 6.87. The summed E-state index contributed by atoms with van der Waals surface area (Å²) in [6, 6.07) is 32.3. The van der Waals surface area contributed by atoms with E-state index in [-0.39, 0.29) is 44.3 Å². The number of rotatable bonds is 21. The largest absolute Gasteiger partial charge is 0.395 e. The van der Waals surface area contributed by atoms with Crippen LogP contribution >= 0.6 is 21.6 Å². The highest BCUT2D eigenvalue weighted by Crippen LogP contribution is 2.38. The molecule has 1 aliphatic heterocycles. The number of aliphatic hydroxyl groups is 2. The molecule has 14 heteroatoms. The Bertz CT molecular complexity index is 2180. The maximum absolute atomic E-state index is 13.2. The van der Waals surface area contributed by atoms with Crippen LogP contribution in [0.1, 0.15) is 17.0 Å². The average molecular weight is 822 g/mol. The van der Waals surface area contributed by atoms with E-state index in [0.717, 1.165) is 62.2 Å². The second-order valence-electron chi connectivity index (χ2n) is 13.7. The van der Waals surface area contributed by atoms with Gasteiger partial charge in [0.05, 0.1) is 38.2 Å². The van der Waals surface area contributed by atoms with E-state index in [4.69, 9.17) is 10.2 Å². The van der Waals surface area contributed by atoms with Crippen molar-refractivity contribution in [1.82, 2.24) is 15.2 Å². The molecule has 0 spiro atoms. The van der Waals surface area contributed by atoms with Crippen LogP contribution in [0.4, 0.5) is 22.7 Å². The molecule has 304 valence electrons. The summed E-state index contributed by atoms with van der Waals surface area (Å²) in [4.78, 5) is 30.7. The summed E-state index contributed by atoms with van der Waals surface area (Å²) in [5.41, 5.74) is 8.10. The van der Waals surface area contributed by atoms with E-state index in [0.29, 0.717) is 26.2 Å². The molecular weight excluding hydrogens is 769 g/mol. The molecule has 58 heavy (non-hydrogen) atoms. The van der Waals surface area contributed by atoms with Crippen molar-refractivity contribution < 1.29 is 24.4 Å². The van der Waals surface area contributed by atoms with Gasteiger partial charge in [-0.05, 0) is 71.8 Å². The monoisotopic (exact) mass is 821 g/mol. The Hall–Kier alpha value is -5.41. The molecule has 0 saturated carbocycles. The Labute approximate surface area is 348 Å². The highest BCUT2D eigenvalue weighted by molar-refractivity contribution is 8.76. The Morgan fingerprint density at radius 3 is 1.86 bits per heavy atom. The number of anilines is 4. The molecule has 1 unspecified atom stereocenters. The van der Waals surface area contributed by atoms with Crippen molar-refractivity contribution in [3.8, 4) is 0 Å². The van der Waals surface area contributed by atoms with Gasteiger partial charge in [-0.1, -0.05) is 76.2 Å². The highest BCUT2D eigenvalue weighted by Gasteiger charge is 2.32. The summed E-state index contributed by atoms with van der Waals surface area (Å²) in [6.45, 7) is 2.68. The van der Waals surface area contributed by atoms with E-state index in [9.17, 15) is 9.59 Å². The van der Waals surface area contributed by atoms with Crippen LogP contribution in [0.15, 0.2) is 103 Å². The highest BCUT2D eigenvalue weighted by atomic mass is 33.1. The van der Waals surface area contributed by atoms with Gasteiger partial charge < -0.3 is 41.3 Å². The number of aromatic nitrogens is 2. The second-order valence-corrected chi connectivity index (χ2v) is 16.4. The lowest BCUT2D eigenvalue weighted by Gasteiger charge is -2.28. The third-order valence-electron chi connectivity index (χ3n) is 9.74. The number of imidazole rings is 1. The van der Waals surface area contributed by atoms with Crippen molar-refractivity contribution in [2.45, 2.75) is 12.7 Å². The number of nitrogens with zero attached hydrogens (tertiary/aromatic N) is 4. The summed E-state index contributed by atoms with van der Waals surface area (Å²) >= 11 is 0. The minimum atomic E-state index is -0.123. The Balaban J connectivity index is 0.934. The van der Waals surface area contributed by atoms with Crippen LogP contribution in [0.25, 0.3) is 29.3 Å². The predicted molar refractivity (Wildman–Crippen MR) is 242 cm³/mol. The number of benzene rings is 4. The van der Waals surface area contributed by atoms with E-state index < -0.39 is 0 Å². The molecule has 4 aromatic carbocycles. The lowest BCUT2D eigenvalue weighted by atomic mass is 10.2. The minimum absolute atomic E-state index is 0.0368. The number of likely N-dealkylation sites (N-methyl/N-ethyl adjacent to an activating group) is 1. The van der Waals surface area contributed by atoms with Gasteiger partial charge in [-0.15, -0.1) is 0 Å². The van der Waals surface area contributed by atoms with Crippen molar-refractivity contribution in [3.05, 3.63) is 120 Å². The van der Waals surface area contributed by atoms with Crippen LogP contribution < -0.4 is 35.6 Å². The molecule has 6 rings (SSSR count). The first-order valence-corrected chi connectivity index (χ1v) is 21.9. The topological polar surface area (TPSA) is 138 Å². The van der Waals surface area contributed by atoms with E-state index >= 15 is 0 Å². The number of fused-ring (bicyclic) bond motifs is 2. The van der Waals surface area contributed by atoms with Crippen LogP contribution in [0.3, 0.4) is 0 Å². The van der Waals surface area contributed by atoms with Gasteiger partial charge >= 0.3 is 0 Å². The van der Waals surface area contributed by atoms with Gasteiger partial charge in [0.2, 0.25) is 5.91 Å². The van der Waals surface area contributed by atoms with Crippen LogP contribution in [0.5, 0.6) is 0 Å². The lowest BCUT2D eigenvalue weighted by Crippen LogP contribution is -2.45. The van der Waals surface area contributed by atoms with Crippen LogP contribution in [-0.2, 0) is 23.2 Å². The fourth-order valence-corrected chi connectivity index (χ4v) is 8.68. The molecule has 2 heterocycles. The van der Waals surface area contributed by atoms with Gasteiger partial charge in [-0.2, -0.15) is 0 Å². The van der Waals surface area contributed by atoms with Gasteiger partial charge in [-0.25, -0.2) is 9.13 Å². The first kappa shape index (κ1) is 42.2. The van der Waals surface area contributed by atoms with Crippen molar-refractivity contribution in [3.63, 3.8) is 0 Å². The van der Waals surface area contributed by atoms with Gasteiger partial charge in [-0.3, -0.25) is 9.59 Å². The average Bonchev–Trinajstić information content (AvgIpc) is 3.66. The van der Waals surface area contributed by atoms with Gasteiger partial charge in [0.1, 0.15) is 6.17 Å². The van der Waals surface area contributed by atoms with Crippen molar-refractivity contribution >= 4 is 85.4 Å². The molecule has 12 nitrogen and oxygen atoms in total. The second kappa shape index (κ2) is 21.4. The molecule has 0 bridgehead atoms. The molecule has 1 aliphatic rings. The standard InChI is InChI=1S/C44H52N8O4S2/c1-49-37-7-3-5-9-39(37)51(43(49)21-15-33-11-17-35(18-12-33)45-23-27-53)31-41(55)47-25-29-57-58-30-26-48-42(56)32-52-40-10-6-4-8-38(40)50(2)44(52)22-16-34-13-19-36(20-14-34)46-24-28-54/h3-22,43,45,53-54H,23-32H2,1-2H3,(H2,47,48,55,56)/p+1/b21-15+. The van der Waals surface area contributed by atoms with Gasteiger partial charge in [0, 0.05) is 62.2 Å². The molecule has 6 N–H and O–H groups in total. The quantitative estimate of drug-likeness (QED) is 0.0339. The third-order valence-corrected chi connectivity index (χ3v) is 12.2. The number of aliphatic hydroxyl groups excluding tert-OH is 2. The molecule has 2 amide bonds. The van der Waals surface area contributed by atoms with E-state index in [1.807, 2.05) is 110 Å². The Kier molecular flexibility index (Phi) is 15.6. The smallest absolute Gasteiger partial charge is 0.282 e. The normalized spacial score (nSPS) is 13.8. The van der Waals surface area contributed by atoms with Crippen LogP contribution in [-0.4, -0.2) is 97.3 Å². The lowest BCUT2D eigenvalue weighted by molar-refractivity contribution is -0.647. The molecule has 1 atom stereocenters. The zero-order chi connectivity index (χ0) is 40.7. The summed E-state index contributed by atoms with van der Waals surface area (Å²) in [6.07, 6.45) is 8.14. The van der Waals surface area contributed by atoms with Crippen LogP contribution in [0.2, 0.25) is 0 Å². The third kappa shape index (κ3) is 11.2. The first-order valence-electron chi connectivity index (χ1n) is 19.5. The van der Waals surface area contributed by atoms with E-state index in [1.54, 1.807) is 21.6 Å². The maximum Gasteiger partial charge on any atom is 0.282 e. The van der Waals surface area contributed by atoms with E-state index in [2.05, 4.69) is 66.0 Å². The van der Waals surface area contributed by atoms with Crippen LogP contribution in [0, 0.1) is 0 Å². The number of para-hydroxylation sites is 4. The fraction of sp³-hybridized carbons (Fsp3) is 0.295. The van der Waals surface area contributed by atoms with Gasteiger partial charge in [0.25, 0.3) is 11.7 Å². The first-order chi connectivity index (χ1) is 28.4. The minimum Gasteiger partial charge on any atom is -0.395 e.